The molecule has 0 saturated carbocycles. The molecule has 1 aromatic heterocycles. The number of aliphatic hydroxyl groups excluding tert-OH is 1. The second-order valence-corrected chi connectivity index (χ2v) is 9.06. The number of para-hydroxylation sites is 1. The van der Waals surface area contributed by atoms with Crippen molar-refractivity contribution in [1.82, 2.24) is 4.98 Å². The number of benzene rings is 3. The van der Waals surface area contributed by atoms with E-state index < -0.39 is 28.4 Å². The number of aromatic nitrogens is 1. The number of hydrogen-bond donors (Lipinski definition) is 1. The van der Waals surface area contributed by atoms with E-state index in [1.165, 1.54) is 43.4 Å². The summed E-state index contributed by atoms with van der Waals surface area (Å²) < 4.78 is 11.3. The van der Waals surface area contributed by atoms with Crippen molar-refractivity contribution in [2.45, 2.75) is 6.04 Å². The fraction of sp³-hybridized carbons (Fsp3) is 0.115. The van der Waals surface area contributed by atoms with Crippen molar-refractivity contribution in [3.8, 4) is 11.5 Å². The highest BCUT2D eigenvalue weighted by Gasteiger charge is 2.46. The molecule has 186 valence electrons. The molecule has 11 heteroatoms. The minimum absolute atomic E-state index is 0.130. The van der Waals surface area contributed by atoms with Gasteiger partial charge >= 0.3 is 0 Å². The number of ether oxygens (including phenoxy) is 2. The Morgan fingerprint density at radius 1 is 1.08 bits per heavy atom. The van der Waals surface area contributed by atoms with Crippen LogP contribution in [0.2, 0.25) is 0 Å². The quantitative estimate of drug-likeness (QED) is 0.206. The molecule has 5 rings (SSSR count). The van der Waals surface area contributed by atoms with E-state index in [1.807, 2.05) is 0 Å². The number of amides is 1. The van der Waals surface area contributed by atoms with E-state index in [4.69, 9.17) is 9.47 Å². The topological polar surface area (TPSA) is 132 Å². The number of ketones is 1. The van der Waals surface area contributed by atoms with Gasteiger partial charge in [0.1, 0.15) is 11.5 Å². The first kappa shape index (κ1) is 23.9. The smallest absolute Gasteiger partial charge is 0.296 e. The Balaban J connectivity index is 1.70. The summed E-state index contributed by atoms with van der Waals surface area (Å²) in [5.41, 5.74) is 0.518. The van der Waals surface area contributed by atoms with Crippen LogP contribution in [0.25, 0.3) is 10.2 Å². The van der Waals surface area contributed by atoms with Crippen LogP contribution in [-0.4, -0.2) is 40.9 Å². The highest BCUT2D eigenvalue weighted by Crippen LogP contribution is 2.45. The summed E-state index contributed by atoms with van der Waals surface area (Å²) in [6, 6.07) is 16.0. The van der Waals surface area contributed by atoms with Gasteiger partial charge in [0.15, 0.2) is 16.7 Å². The molecule has 1 amide bonds. The number of rotatable bonds is 7. The normalized spacial score (nSPS) is 15.4. The van der Waals surface area contributed by atoms with E-state index in [-0.39, 0.29) is 33.3 Å². The first-order valence-electron chi connectivity index (χ1n) is 11.0. The number of Topliss-reactive ketones (excluding diaryl/α,β-unsaturated/α-hetero) is 1. The van der Waals surface area contributed by atoms with Crippen LogP contribution in [-0.2, 0) is 4.79 Å². The Morgan fingerprint density at radius 3 is 2.59 bits per heavy atom. The number of carbonyl (C=O) groups is 2. The summed E-state index contributed by atoms with van der Waals surface area (Å²) in [4.78, 5) is 43.9. The largest absolute Gasteiger partial charge is 0.503 e. The average molecular weight is 518 g/mol. The fourth-order valence-corrected chi connectivity index (χ4v) is 5.28. The zero-order valence-corrected chi connectivity index (χ0v) is 20.4. The van der Waals surface area contributed by atoms with E-state index in [1.54, 1.807) is 42.5 Å². The van der Waals surface area contributed by atoms with Gasteiger partial charge in [0.05, 0.1) is 46.5 Å². The summed E-state index contributed by atoms with van der Waals surface area (Å²) in [6.45, 7) is 0. The van der Waals surface area contributed by atoms with E-state index in [2.05, 4.69) is 4.98 Å². The van der Waals surface area contributed by atoms with Gasteiger partial charge in [-0.2, -0.15) is 0 Å². The maximum Gasteiger partial charge on any atom is 0.296 e. The third-order valence-electron chi connectivity index (χ3n) is 5.99. The van der Waals surface area contributed by atoms with Crippen LogP contribution >= 0.6 is 11.3 Å². The molecule has 1 N–H and O–H groups in total. The molecule has 0 saturated heterocycles. The highest BCUT2D eigenvalue weighted by atomic mass is 32.1. The molecule has 10 nitrogen and oxygen atoms in total. The van der Waals surface area contributed by atoms with Gasteiger partial charge in [0.25, 0.3) is 11.6 Å². The van der Waals surface area contributed by atoms with Gasteiger partial charge in [-0.05, 0) is 35.9 Å². The van der Waals surface area contributed by atoms with Crippen molar-refractivity contribution in [1.29, 1.82) is 0 Å². The molecular weight excluding hydrogens is 498 g/mol. The Bertz CT molecular complexity index is 1610. The number of nitro benzene ring substituents is 1. The van der Waals surface area contributed by atoms with Crippen LogP contribution in [0.1, 0.15) is 22.0 Å². The minimum atomic E-state index is -1.17. The number of fused-ring (bicyclic) bond motifs is 1. The monoisotopic (exact) mass is 517 g/mol. The molecule has 1 unspecified atom stereocenters. The van der Waals surface area contributed by atoms with Gasteiger partial charge in [-0.25, -0.2) is 4.98 Å². The van der Waals surface area contributed by atoms with Crippen molar-refractivity contribution < 1.29 is 29.1 Å². The molecule has 0 radical (unpaired) electrons. The number of aliphatic hydroxyl groups is 1. The SMILES string of the molecule is COc1ccc2nc(N3C(=O)C(O)=C(C(=O)c4ccccc4OC)C3c3cccc([N+](=O)[O-])c3)sc2c1. The number of nitro groups is 1. The molecule has 2 heterocycles. The summed E-state index contributed by atoms with van der Waals surface area (Å²) >= 11 is 1.16. The Morgan fingerprint density at radius 2 is 1.86 bits per heavy atom. The van der Waals surface area contributed by atoms with Gasteiger partial charge in [-0.15, -0.1) is 0 Å². The maximum absolute atomic E-state index is 13.8. The van der Waals surface area contributed by atoms with Crippen molar-refractivity contribution in [2.24, 2.45) is 0 Å². The number of nitrogens with zero attached hydrogens (tertiary/aromatic N) is 3. The number of methoxy groups -OCH3 is 2. The standard InChI is InChI=1S/C26H19N3O7S/c1-35-16-10-11-18-20(13-16)37-26(27-18)28-22(14-6-5-7-15(12-14)29(33)34)21(24(31)25(28)32)23(30)17-8-3-4-9-19(17)36-2/h3-13,22,31H,1-2H3. The molecule has 0 spiro atoms. The molecule has 0 bridgehead atoms. The second-order valence-electron chi connectivity index (χ2n) is 8.05. The third-order valence-corrected chi connectivity index (χ3v) is 7.01. The van der Waals surface area contributed by atoms with E-state index in [0.29, 0.717) is 16.0 Å². The Hall–Kier alpha value is -4.77. The Labute approximate surface area is 214 Å². The van der Waals surface area contributed by atoms with Crippen molar-refractivity contribution >= 4 is 44.1 Å². The first-order chi connectivity index (χ1) is 17.8. The molecule has 3 aromatic carbocycles. The van der Waals surface area contributed by atoms with Crippen LogP contribution in [0, 0.1) is 10.1 Å². The van der Waals surface area contributed by atoms with E-state index >= 15 is 0 Å². The Kier molecular flexibility index (Phi) is 6.06. The lowest BCUT2D eigenvalue weighted by Gasteiger charge is -2.24. The lowest BCUT2D eigenvalue weighted by Crippen LogP contribution is -2.31. The second kappa shape index (κ2) is 9.36. The summed E-state index contributed by atoms with van der Waals surface area (Å²) in [5, 5.41) is 22.7. The average Bonchev–Trinajstić information content (AvgIpc) is 3.45. The third kappa shape index (κ3) is 4.04. The molecular formula is C26H19N3O7S. The fourth-order valence-electron chi connectivity index (χ4n) is 4.26. The molecule has 4 aromatic rings. The van der Waals surface area contributed by atoms with Gasteiger partial charge < -0.3 is 14.6 Å². The van der Waals surface area contributed by atoms with Gasteiger partial charge in [-0.3, -0.25) is 24.6 Å². The van der Waals surface area contributed by atoms with Crippen LogP contribution in [0.5, 0.6) is 11.5 Å². The first-order valence-corrected chi connectivity index (χ1v) is 11.8. The lowest BCUT2D eigenvalue weighted by molar-refractivity contribution is -0.384. The van der Waals surface area contributed by atoms with Crippen molar-refractivity contribution in [2.75, 3.05) is 19.1 Å². The summed E-state index contributed by atoms with van der Waals surface area (Å²) in [5.74, 6) is -1.41. The summed E-state index contributed by atoms with van der Waals surface area (Å²) in [6.07, 6.45) is 0. The zero-order valence-electron chi connectivity index (χ0n) is 19.6. The molecule has 1 atom stereocenters. The number of non-ortho nitro benzene ring substituents is 1. The number of thiazole rings is 1. The number of hydrogen-bond acceptors (Lipinski definition) is 9. The molecule has 0 aliphatic carbocycles. The summed E-state index contributed by atoms with van der Waals surface area (Å²) in [7, 11) is 2.93. The minimum Gasteiger partial charge on any atom is -0.503 e. The van der Waals surface area contributed by atoms with Crippen molar-refractivity contribution in [3.63, 3.8) is 0 Å². The van der Waals surface area contributed by atoms with Crippen LogP contribution < -0.4 is 14.4 Å². The van der Waals surface area contributed by atoms with E-state index in [9.17, 15) is 24.8 Å². The number of anilines is 1. The molecule has 0 fully saturated rings. The van der Waals surface area contributed by atoms with Crippen molar-refractivity contribution in [3.05, 3.63) is 99.3 Å². The van der Waals surface area contributed by atoms with Gasteiger partial charge in [0, 0.05) is 12.1 Å². The predicted molar refractivity (Wildman–Crippen MR) is 136 cm³/mol. The zero-order chi connectivity index (χ0) is 26.3. The van der Waals surface area contributed by atoms with Gasteiger partial charge in [0.2, 0.25) is 0 Å². The molecule has 1 aliphatic heterocycles. The highest BCUT2D eigenvalue weighted by molar-refractivity contribution is 7.22. The van der Waals surface area contributed by atoms with Gasteiger partial charge in [-0.1, -0.05) is 35.6 Å². The molecule has 1 aliphatic rings. The predicted octanol–water partition coefficient (Wildman–Crippen LogP) is 5.00. The van der Waals surface area contributed by atoms with E-state index in [0.717, 1.165) is 11.3 Å². The lowest BCUT2D eigenvalue weighted by atomic mass is 9.92. The molecule has 37 heavy (non-hydrogen) atoms. The van der Waals surface area contributed by atoms with Crippen LogP contribution in [0.15, 0.2) is 78.1 Å². The maximum atomic E-state index is 13.8. The number of carbonyl (C=O) groups excluding carboxylic acids is 2. The van der Waals surface area contributed by atoms with Crippen LogP contribution in [0.4, 0.5) is 10.8 Å². The van der Waals surface area contributed by atoms with Crippen LogP contribution in [0.3, 0.4) is 0 Å².